The van der Waals surface area contributed by atoms with Crippen molar-refractivity contribution < 1.29 is 0 Å². The lowest BCUT2D eigenvalue weighted by Gasteiger charge is -2.26. The van der Waals surface area contributed by atoms with Crippen LogP contribution in [0.25, 0.3) is 0 Å². The van der Waals surface area contributed by atoms with Crippen molar-refractivity contribution in [1.29, 1.82) is 0 Å². The minimum absolute atomic E-state index is 0.770. The molecule has 1 atom stereocenters. The summed E-state index contributed by atoms with van der Waals surface area (Å²) < 4.78 is 0. The van der Waals surface area contributed by atoms with E-state index in [1.165, 1.54) is 64.7 Å². The summed E-state index contributed by atoms with van der Waals surface area (Å²) in [6.45, 7) is 7.42. The van der Waals surface area contributed by atoms with E-state index in [1.807, 2.05) is 0 Å². The highest BCUT2D eigenvalue weighted by atomic mass is 15.1. The van der Waals surface area contributed by atoms with Crippen LogP contribution in [0.5, 0.6) is 0 Å². The average Bonchev–Trinajstić information content (AvgIpc) is 3.04. The molecule has 1 aliphatic heterocycles. The molecule has 1 aliphatic carbocycles. The number of rotatable bonds is 5. The molecular formula is C13H26N2. The SMILES string of the molecule is CCN(CC1CC1)CC1CCCCCN1. The molecule has 0 radical (unpaired) electrons. The van der Waals surface area contributed by atoms with Crippen LogP contribution in [0.15, 0.2) is 0 Å². The van der Waals surface area contributed by atoms with E-state index in [1.54, 1.807) is 0 Å². The highest BCUT2D eigenvalue weighted by Crippen LogP contribution is 2.29. The van der Waals surface area contributed by atoms with E-state index in [2.05, 4.69) is 17.1 Å². The van der Waals surface area contributed by atoms with Gasteiger partial charge in [-0.15, -0.1) is 0 Å². The highest BCUT2D eigenvalue weighted by Gasteiger charge is 2.24. The van der Waals surface area contributed by atoms with Crippen LogP contribution in [0, 0.1) is 5.92 Å². The third kappa shape index (κ3) is 4.12. The van der Waals surface area contributed by atoms with Crippen molar-refractivity contribution in [3.8, 4) is 0 Å². The van der Waals surface area contributed by atoms with Crippen LogP contribution in [0.1, 0.15) is 45.4 Å². The van der Waals surface area contributed by atoms with E-state index in [-0.39, 0.29) is 0 Å². The molecule has 15 heavy (non-hydrogen) atoms. The lowest BCUT2D eigenvalue weighted by Crippen LogP contribution is -2.41. The Labute approximate surface area is 94.4 Å². The Morgan fingerprint density at radius 1 is 1.07 bits per heavy atom. The van der Waals surface area contributed by atoms with E-state index in [0.717, 1.165) is 12.0 Å². The molecule has 0 spiro atoms. The van der Waals surface area contributed by atoms with Crippen molar-refractivity contribution in [2.45, 2.75) is 51.5 Å². The normalized spacial score (nSPS) is 28.0. The van der Waals surface area contributed by atoms with Gasteiger partial charge in [0.15, 0.2) is 0 Å². The van der Waals surface area contributed by atoms with Gasteiger partial charge in [0.1, 0.15) is 0 Å². The molecule has 2 heteroatoms. The van der Waals surface area contributed by atoms with Crippen LogP contribution in [-0.2, 0) is 0 Å². The van der Waals surface area contributed by atoms with Gasteiger partial charge in [0, 0.05) is 19.1 Å². The van der Waals surface area contributed by atoms with Gasteiger partial charge in [0.05, 0.1) is 0 Å². The van der Waals surface area contributed by atoms with Gasteiger partial charge in [0.25, 0.3) is 0 Å². The van der Waals surface area contributed by atoms with E-state index in [9.17, 15) is 0 Å². The van der Waals surface area contributed by atoms with Crippen molar-refractivity contribution in [1.82, 2.24) is 10.2 Å². The molecule has 88 valence electrons. The van der Waals surface area contributed by atoms with E-state index in [4.69, 9.17) is 0 Å². The first-order chi connectivity index (χ1) is 7.38. The first-order valence-electron chi connectivity index (χ1n) is 6.84. The second-order valence-corrected chi connectivity index (χ2v) is 5.30. The Morgan fingerprint density at radius 3 is 2.67 bits per heavy atom. The lowest BCUT2D eigenvalue weighted by molar-refractivity contribution is 0.241. The van der Waals surface area contributed by atoms with Crippen molar-refractivity contribution >= 4 is 0 Å². The van der Waals surface area contributed by atoms with Crippen LogP contribution in [-0.4, -0.2) is 37.1 Å². The van der Waals surface area contributed by atoms with Gasteiger partial charge in [-0.05, 0) is 44.7 Å². The van der Waals surface area contributed by atoms with E-state index >= 15 is 0 Å². The summed E-state index contributed by atoms with van der Waals surface area (Å²) in [6.07, 6.45) is 8.59. The first kappa shape index (κ1) is 11.4. The molecule has 1 saturated carbocycles. The molecule has 0 aromatic heterocycles. The fourth-order valence-corrected chi connectivity index (χ4v) is 2.57. The Hall–Kier alpha value is -0.0800. The lowest BCUT2D eigenvalue weighted by atomic mass is 10.1. The maximum atomic E-state index is 3.70. The zero-order valence-corrected chi connectivity index (χ0v) is 10.2. The second-order valence-electron chi connectivity index (χ2n) is 5.30. The fourth-order valence-electron chi connectivity index (χ4n) is 2.57. The monoisotopic (exact) mass is 210 g/mol. The molecule has 1 heterocycles. The van der Waals surface area contributed by atoms with Crippen molar-refractivity contribution in [2.24, 2.45) is 5.92 Å². The zero-order chi connectivity index (χ0) is 10.5. The molecule has 1 unspecified atom stereocenters. The number of nitrogens with one attached hydrogen (secondary N) is 1. The molecule has 0 amide bonds. The molecule has 1 N–H and O–H groups in total. The molecule has 2 nitrogen and oxygen atoms in total. The summed E-state index contributed by atoms with van der Waals surface area (Å²) in [5, 5.41) is 3.70. The Morgan fingerprint density at radius 2 is 1.93 bits per heavy atom. The van der Waals surface area contributed by atoms with Gasteiger partial charge in [-0.1, -0.05) is 19.8 Å². The number of nitrogens with zero attached hydrogens (tertiary/aromatic N) is 1. The largest absolute Gasteiger partial charge is 0.313 e. The molecule has 2 aliphatic rings. The van der Waals surface area contributed by atoms with Gasteiger partial charge < -0.3 is 10.2 Å². The molecule has 0 aromatic rings. The fraction of sp³-hybridized carbons (Fsp3) is 1.00. The predicted molar refractivity (Wildman–Crippen MR) is 65.1 cm³/mol. The van der Waals surface area contributed by atoms with Crippen molar-refractivity contribution in [3.63, 3.8) is 0 Å². The molecule has 2 fully saturated rings. The Kier molecular flexibility index (Phi) is 4.45. The maximum absolute atomic E-state index is 3.70. The van der Waals surface area contributed by atoms with Crippen molar-refractivity contribution in [2.75, 3.05) is 26.2 Å². The number of hydrogen-bond acceptors (Lipinski definition) is 2. The van der Waals surface area contributed by atoms with Gasteiger partial charge in [-0.2, -0.15) is 0 Å². The Bertz CT molecular complexity index is 169. The second kappa shape index (κ2) is 5.86. The van der Waals surface area contributed by atoms with Gasteiger partial charge in [0.2, 0.25) is 0 Å². The third-order valence-corrected chi connectivity index (χ3v) is 3.80. The maximum Gasteiger partial charge on any atom is 0.0195 e. The van der Waals surface area contributed by atoms with Crippen LogP contribution in [0.4, 0.5) is 0 Å². The summed E-state index contributed by atoms with van der Waals surface area (Å²) in [6, 6.07) is 0.770. The number of likely N-dealkylation sites (N-methyl/N-ethyl adjacent to an activating group) is 1. The summed E-state index contributed by atoms with van der Waals surface area (Å²) in [4.78, 5) is 2.65. The first-order valence-corrected chi connectivity index (χ1v) is 6.84. The quantitative estimate of drug-likeness (QED) is 0.749. The summed E-state index contributed by atoms with van der Waals surface area (Å²) in [7, 11) is 0. The zero-order valence-electron chi connectivity index (χ0n) is 10.2. The van der Waals surface area contributed by atoms with Gasteiger partial charge in [-0.25, -0.2) is 0 Å². The topological polar surface area (TPSA) is 15.3 Å². The third-order valence-electron chi connectivity index (χ3n) is 3.80. The molecule has 2 rings (SSSR count). The Balaban J connectivity index is 1.70. The molecular weight excluding hydrogens is 184 g/mol. The number of hydrogen-bond donors (Lipinski definition) is 1. The standard InChI is InChI=1S/C13H26N2/c1-2-15(10-12-7-8-12)11-13-6-4-3-5-9-14-13/h12-14H,2-11H2,1H3. The van der Waals surface area contributed by atoms with Crippen LogP contribution in [0.2, 0.25) is 0 Å². The van der Waals surface area contributed by atoms with Gasteiger partial charge in [-0.3, -0.25) is 0 Å². The minimum Gasteiger partial charge on any atom is -0.313 e. The van der Waals surface area contributed by atoms with Crippen LogP contribution in [0.3, 0.4) is 0 Å². The molecule has 0 aromatic carbocycles. The van der Waals surface area contributed by atoms with E-state index < -0.39 is 0 Å². The van der Waals surface area contributed by atoms with Crippen LogP contribution < -0.4 is 5.32 Å². The molecule has 0 bridgehead atoms. The highest BCUT2D eigenvalue weighted by molar-refractivity contribution is 4.80. The summed E-state index contributed by atoms with van der Waals surface area (Å²) in [5.74, 6) is 1.04. The summed E-state index contributed by atoms with van der Waals surface area (Å²) >= 11 is 0. The van der Waals surface area contributed by atoms with Crippen LogP contribution >= 0.6 is 0 Å². The summed E-state index contributed by atoms with van der Waals surface area (Å²) in [5.41, 5.74) is 0. The van der Waals surface area contributed by atoms with Gasteiger partial charge >= 0.3 is 0 Å². The van der Waals surface area contributed by atoms with Crippen molar-refractivity contribution in [3.05, 3.63) is 0 Å². The predicted octanol–water partition coefficient (Wildman–Crippen LogP) is 2.25. The minimum atomic E-state index is 0.770. The molecule has 1 saturated heterocycles. The average molecular weight is 210 g/mol. The van der Waals surface area contributed by atoms with E-state index in [0.29, 0.717) is 0 Å². The smallest absolute Gasteiger partial charge is 0.0195 e.